The van der Waals surface area contributed by atoms with E-state index in [2.05, 4.69) is 4.98 Å². The van der Waals surface area contributed by atoms with Gasteiger partial charge in [0, 0.05) is 29.0 Å². The second-order valence-electron chi connectivity index (χ2n) is 5.44. The van der Waals surface area contributed by atoms with Crippen LogP contribution in [0.1, 0.15) is 10.5 Å². The third kappa shape index (κ3) is 2.90. The summed E-state index contributed by atoms with van der Waals surface area (Å²) in [5.74, 6) is -1.45. The number of primary amides is 1. The van der Waals surface area contributed by atoms with Gasteiger partial charge in [0.05, 0.1) is 11.5 Å². The van der Waals surface area contributed by atoms with E-state index in [1.165, 1.54) is 6.07 Å². The molecule has 11 heteroatoms. The number of carbonyl (C=O) groups is 1. The third-order valence-corrected chi connectivity index (χ3v) is 7.69. The van der Waals surface area contributed by atoms with E-state index in [-0.39, 0.29) is 40.6 Å². The van der Waals surface area contributed by atoms with E-state index in [4.69, 9.17) is 17.3 Å². The topological polar surface area (TPSA) is 130 Å². The van der Waals surface area contributed by atoms with Crippen molar-refractivity contribution in [2.75, 3.05) is 24.6 Å². The maximum Gasteiger partial charge on any atom is 0.266 e. The van der Waals surface area contributed by atoms with Crippen LogP contribution in [0.2, 0.25) is 5.02 Å². The second kappa shape index (κ2) is 5.73. The number of sulfonamides is 1. The SMILES string of the molecule is NC(=O)c1[nH]c2ccc(Cl)cc2c1S(=O)(=O)N1CCS(=O)(=O)CC1. The summed E-state index contributed by atoms with van der Waals surface area (Å²) in [5, 5.41) is 0.542. The number of fused-ring (bicyclic) bond motifs is 1. The maximum absolute atomic E-state index is 13.0. The lowest BCUT2D eigenvalue weighted by atomic mass is 10.2. The quantitative estimate of drug-likeness (QED) is 0.778. The van der Waals surface area contributed by atoms with E-state index in [9.17, 15) is 21.6 Å². The molecular weight excluding hydrogens is 378 g/mol. The van der Waals surface area contributed by atoms with Gasteiger partial charge in [0.1, 0.15) is 10.6 Å². The van der Waals surface area contributed by atoms with Crippen LogP contribution in [0.15, 0.2) is 23.1 Å². The molecular formula is C13H14ClN3O5S2. The first-order valence-electron chi connectivity index (χ1n) is 6.93. The summed E-state index contributed by atoms with van der Waals surface area (Å²) in [5.41, 5.74) is 5.45. The van der Waals surface area contributed by atoms with Crippen LogP contribution in [0.25, 0.3) is 10.9 Å². The van der Waals surface area contributed by atoms with E-state index >= 15 is 0 Å². The van der Waals surface area contributed by atoms with Crippen molar-refractivity contribution in [1.29, 1.82) is 0 Å². The average Bonchev–Trinajstić information content (AvgIpc) is 2.86. The highest BCUT2D eigenvalue weighted by Crippen LogP contribution is 2.32. The molecule has 8 nitrogen and oxygen atoms in total. The predicted octanol–water partition coefficient (Wildman–Crippen LogP) is 0.339. The number of nitrogens with zero attached hydrogens (tertiary/aromatic N) is 1. The van der Waals surface area contributed by atoms with Crippen LogP contribution in [-0.2, 0) is 19.9 Å². The number of amides is 1. The Bertz CT molecular complexity index is 1030. The normalized spacial score (nSPS) is 18.7. The predicted molar refractivity (Wildman–Crippen MR) is 89.2 cm³/mol. The van der Waals surface area contributed by atoms with Gasteiger partial charge in [-0.05, 0) is 18.2 Å². The number of nitrogens with two attached hydrogens (primary N) is 1. The molecule has 2 heterocycles. The van der Waals surface area contributed by atoms with Crippen LogP contribution in [-0.4, -0.2) is 56.6 Å². The van der Waals surface area contributed by atoms with Crippen LogP contribution in [0, 0.1) is 0 Å². The Morgan fingerprint density at radius 1 is 1.25 bits per heavy atom. The van der Waals surface area contributed by atoms with Crippen molar-refractivity contribution in [2.45, 2.75) is 4.90 Å². The molecule has 2 aromatic rings. The molecule has 0 saturated carbocycles. The van der Waals surface area contributed by atoms with E-state index in [1.807, 2.05) is 0 Å². The van der Waals surface area contributed by atoms with E-state index in [0.29, 0.717) is 10.5 Å². The summed E-state index contributed by atoms with van der Waals surface area (Å²) in [4.78, 5) is 14.1. The first-order valence-corrected chi connectivity index (χ1v) is 10.6. The summed E-state index contributed by atoms with van der Waals surface area (Å²) in [6.45, 7) is -0.341. The monoisotopic (exact) mass is 391 g/mol. The Hall–Kier alpha value is -1.62. The molecule has 0 unspecified atom stereocenters. The molecule has 0 radical (unpaired) electrons. The summed E-state index contributed by atoms with van der Waals surface area (Å²) in [7, 11) is -7.36. The number of H-pyrrole nitrogens is 1. The van der Waals surface area contributed by atoms with Gasteiger partial charge in [0.25, 0.3) is 5.91 Å². The maximum atomic E-state index is 13.0. The van der Waals surface area contributed by atoms with Gasteiger partial charge in [-0.2, -0.15) is 4.31 Å². The Kier molecular flexibility index (Phi) is 4.11. The molecule has 0 bridgehead atoms. The Morgan fingerprint density at radius 3 is 2.46 bits per heavy atom. The van der Waals surface area contributed by atoms with Crippen LogP contribution in [0.4, 0.5) is 0 Å². The van der Waals surface area contributed by atoms with Crippen molar-refractivity contribution in [1.82, 2.24) is 9.29 Å². The fraction of sp³-hybridized carbons (Fsp3) is 0.308. The first kappa shape index (κ1) is 17.2. The zero-order valence-corrected chi connectivity index (χ0v) is 14.7. The van der Waals surface area contributed by atoms with Crippen molar-refractivity contribution in [2.24, 2.45) is 5.73 Å². The Balaban J connectivity index is 2.18. The lowest BCUT2D eigenvalue weighted by Crippen LogP contribution is -2.44. The van der Waals surface area contributed by atoms with Gasteiger partial charge in [-0.1, -0.05) is 11.6 Å². The molecule has 1 saturated heterocycles. The highest BCUT2D eigenvalue weighted by atomic mass is 35.5. The van der Waals surface area contributed by atoms with E-state index < -0.39 is 25.8 Å². The summed E-state index contributed by atoms with van der Waals surface area (Å²) in [6, 6.07) is 4.52. The Morgan fingerprint density at radius 2 is 1.88 bits per heavy atom. The molecule has 1 fully saturated rings. The average molecular weight is 392 g/mol. The summed E-state index contributed by atoms with van der Waals surface area (Å²) >= 11 is 5.93. The molecule has 130 valence electrons. The smallest absolute Gasteiger partial charge is 0.266 e. The number of halogens is 1. The number of hydrogen-bond acceptors (Lipinski definition) is 5. The number of carbonyl (C=O) groups excluding carboxylic acids is 1. The minimum absolute atomic E-state index is 0.171. The van der Waals surface area contributed by atoms with Crippen molar-refractivity contribution in [3.05, 3.63) is 28.9 Å². The zero-order valence-electron chi connectivity index (χ0n) is 12.3. The van der Waals surface area contributed by atoms with Gasteiger partial charge in [0.2, 0.25) is 10.0 Å². The number of aromatic amines is 1. The van der Waals surface area contributed by atoms with Gasteiger partial charge in [-0.15, -0.1) is 0 Å². The standard InChI is InChI=1S/C13H14ClN3O5S2/c14-8-1-2-10-9(7-8)12(11(16-10)13(15)18)24(21,22)17-3-5-23(19,20)6-4-17/h1-2,7,16H,3-6H2,(H2,15,18). The van der Waals surface area contributed by atoms with Gasteiger partial charge in [-0.25, -0.2) is 16.8 Å². The molecule has 0 atom stereocenters. The Labute approximate surface area is 143 Å². The zero-order chi connectivity index (χ0) is 17.7. The number of rotatable bonds is 3. The van der Waals surface area contributed by atoms with Gasteiger partial charge < -0.3 is 10.7 Å². The lowest BCUT2D eigenvalue weighted by molar-refractivity contribution is 0.0993. The molecule has 1 amide bonds. The summed E-state index contributed by atoms with van der Waals surface area (Å²) < 4.78 is 50.0. The lowest BCUT2D eigenvalue weighted by Gasteiger charge is -2.26. The largest absolute Gasteiger partial charge is 0.364 e. The van der Waals surface area contributed by atoms with E-state index in [1.54, 1.807) is 12.1 Å². The molecule has 3 rings (SSSR count). The number of benzene rings is 1. The van der Waals surface area contributed by atoms with Crippen molar-refractivity contribution in [3.63, 3.8) is 0 Å². The molecule has 0 spiro atoms. The van der Waals surface area contributed by atoms with Crippen molar-refractivity contribution >= 4 is 48.3 Å². The van der Waals surface area contributed by atoms with Crippen LogP contribution >= 0.6 is 11.6 Å². The highest BCUT2D eigenvalue weighted by molar-refractivity contribution is 7.92. The van der Waals surface area contributed by atoms with Crippen LogP contribution in [0.3, 0.4) is 0 Å². The van der Waals surface area contributed by atoms with E-state index in [0.717, 1.165) is 4.31 Å². The molecule has 1 aliphatic heterocycles. The molecule has 3 N–H and O–H groups in total. The first-order chi connectivity index (χ1) is 11.1. The van der Waals surface area contributed by atoms with Crippen LogP contribution < -0.4 is 5.73 Å². The van der Waals surface area contributed by atoms with Crippen LogP contribution in [0.5, 0.6) is 0 Å². The van der Waals surface area contributed by atoms with Gasteiger partial charge in [-0.3, -0.25) is 4.79 Å². The molecule has 0 aliphatic carbocycles. The summed E-state index contributed by atoms with van der Waals surface area (Å²) in [6.07, 6.45) is 0. The number of aromatic nitrogens is 1. The van der Waals surface area contributed by atoms with Gasteiger partial charge in [0.15, 0.2) is 9.84 Å². The second-order valence-corrected chi connectivity index (χ2v) is 10.1. The fourth-order valence-electron chi connectivity index (χ4n) is 2.65. The number of sulfone groups is 1. The van der Waals surface area contributed by atoms with Gasteiger partial charge >= 0.3 is 0 Å². The third-order valence-electron chi connectivity index (χ3n) is 3.86. The molecule has 1 aromatic heterocycles. The van der Waals surface area contributed by atoms with Crippen molar-refractivity contribution < 1.29 is 21.6 Å². The van der Waals surface area contributed by atoms with Crippen molar-refractivity contribution in [3.8, 4) is 0 Å². The minimum atomic E-state index is -4.11. The molecule has 1 aliphatic rings. The minimum Gasteiger partial charge on any atom is -0.364 e. The fourth-order valence-corrected chi connectivity index (χ4v) is 6.03. The molecule has 24 heavy (non-hydrogen) atoms. The number of nitrogens with one attached hydrogen (secondary N) is 1. The highest BCUT2D eigenvalue weighted by Gasteiger charge is 2.35. The number of hydrogen-bond donors (Lipinski definition) is 2. The molecule has 1 aromatic carbocycles.